The number of aromatic carboxylic acids is 1. The van der Waals surface area contributed by atoms with Gasteiger partial charge in [0, 0.05) is 17.1 Å². The first-order valence-electron chi connectivity index (χ1n) is 13.0. The SMILES string of the molecule is CCOC(=O)C1=C(C)N=c2s/c(=C\c3cc(C)n(-c4cccc(C(=O)O)c4)c3C)c(=O)n2[C@@H]1c1cccc(OC)c1. The Labute approximate surface area is 239 Å². The van der Waals surface area contributed by atoms with Gasteiger partial charge in [0.15, 0.2) is 4.80 Å². The van der Waals surface area contributed by atoms with Gasteiger partial charge in [-0.2, -0.15) is 0 Å². The van der Waals surface area contributed by atoms with Crippen LogP contribution in [0.4, 0.5) is 0 Å². The summed E-state index contributed by atoms with van der Waals surface area (Å²) in [5.41, 5.74) is 4.66. The number of nitrogens with zero attached hydrogens (tertiary/aromatic N) is 3. The maximum absolute atomic E-state index is 14.0. The van der Waals surface area contributed by atoms with Crippen molar-refractivity contribution in [2.45, 2.75) is 33.7 Å². The lowest BCUT2D eigenvalue weighted by Crippen LogP contribution is -2.39. The number of carboxylic acids is 1. The van der Waals surface area contributed by atoms with Crippen LogP contribution in [0.5, 0.6) is 5.75 Å². The van der Waals surface area contributed by atoms with Gasteiger partial charge in [-0.3, -0.25) is 9.36 Å². The van der Waals surface area contributed by atoms with Crippen LogP contribution in [-0.4, -0.2) is 39.9 Å². The molecule has 1 aliphatic rings. The highest BCUT2D eigenvalue weighted by Gasteiger charge is 2.33. The second-order valence-electron chi connectivity index (χ2n) is 9.60. The predicted octanol–water partition coefficient (Wildman–Crippen LogP) is 3.91. The van der Waals surface area contributed by atoms with Gasteiger partial charge in [0.05, 0.1) is 41.1 Å². The minimum atomic E-state index is -1.00. The maximum atomic E-state index is 14.0. The third-order valence-electron chi connectivity index (χ3n) is 7.03. The Hall–Kier alpha value is -4.70. The third kappa shape index (κ3) is 5.02. The molecule has 2 aromatic heterocycles. The van der Waals surface area contributed by atoms with E-state index in [2.05, 4.69) is 4.99 Å². The van der Waals surface area contributed by atoms with Crippen LogP contribution in [0.2, 0.25) is 0 Å². The van der Waals surface area contributed by atoms with Crippen LogP contribution in [0.3, 0.4) is 0 Å². The number of rotatable bonds is 7. The zero-order chi connectivity index (χ0) is 29.4. The van der Waals surface area contributed by atoms with Gasteiger partial charge in [-0.15, -0.1) is 0 Å². The Kier molecular flexibility index (Phi) is 7.51. The summed E-state index contributed by atoms with van der Waals surface area (Å²) in [6.07, 6.45) is 1.82. The van der Waals surface area contributed by atoms with Crippen LogP contribution in [0.1, 0.15) is 52.8 Å². The molecule has 41 heavy (non-hydrogen) atoms. The molecule has 9 nitrogen and oxygen atoms in total. The van der Waals surface area contributed by atoms with Gasteiger partial charge >= 0.3 is 11.9 Å². The zero-order valence-corrected chi connectivity index (χ0v) is 24.1. The molecule has 0 bridgehead atoms. The summed E-state index contributed by atoms with van der Waals surface area (Å²) in [6, 6.07) is 15.2. The highest BCUT2D eigenvalue weighted by Crippen LogP contribution is 2.32. The summed E-state index contributed by atoms with van der Waals surface area (Å²) in [6.45, 7) is 7.52. The summed E-state index contributed by atoms with van der Waals surface area (Å²) in [4.78, 5) is 43.7. The van der Waals surface area contributed by atoms with Gasteiger partial charge in [-0.05, 0) is 81.3 Å². The highest BCUT2D eigenvalue weighted by molar-refractivity contribution is 7.07. The Bertz CT molecular complexity index is 1910. The Morgan fingerprint density at radius 1 is 1.10 bits per heavy atom. The van der Waals surface area contributed by atoms with Crippen molar-refractivity contribution in [1.29, 1.82) is 0 Å². The summed E-state index contributed by atoms with van der Waals surface area (Å²) in [5.74, 6) is -0.927. The molecule has 0 aliphatic carbocycles. The normalized spacial score (nSPS) is 15.0. The van der Waals surface area contributed by atoms with E-state index in [0.29, 0.717) is 37.6 Å². The smallest absolute Gasteiger partial charge is 0.338 e. The molecule has 0 saturated heterocycles. The van der Waals surface area contributed by atoms with Crippen LogP contribution in [0.15, 0.2) is 75.7 Å². The number of carboxylic acid groups (broad SMARTS) is 1. The van der Waals surface area contributed by atoms with Crippen molar-refractivity contribution in [2.75, 3.05) is 13.7 Å². The lowest BCUT2D eigenvalue weighted by Gasteiger charge is -2.25. The lowest BCUT2D eigenvalue weighted by atomic mass is 9.95. The fourth-order valence-electron chi connectivity index (χ4n) is 5.17. The van der Waals surface area contributed by atoms with E-state index in [4.69, 9.17) is 9.47 Å². The lowest BCUT2D eigenvalue weighted by molar-refractivity contribution is -0.139. The van der Waals surface area contributed by atoms with Crippen molar-refractivity contribution in [3.63, 3.8) is 0 Å². The fraction of sp³-hybridized carbons (Fsp3) is 0.226. The number of methoxy groups -OCH3 is 1. The number of hydrogen-bond donors (Lipinski definition) is 1. The molecule has 5 rings (SSSR count). The molecule has 1 N–H and O–H groups in total. The summed E-state index contributed by atoms with van der Waals surface area (Å²) in [7, 11) is 1.56. The van der Waals surface area contributed by atoms with Crippen molar-refractivity contribution < 1.29 is 24.2 Å². The molecule has 1 atom stereocenters. The number of esters is 1. The minimum Gasteiger partial charge on any atom is -0.497 e. The number of allylic oxidation sites excluding steroid dienone is 1. The van der Waals surface area contributed by atoms with Crippen LogP contribution in [0.25, 0.3) is 11.8 Å². The van der Waals surface area contributed by atoms with Crippen molar-refractivity contribution in [2.24, 2.45) is 4.99 Å². The van der Waals surface area contributed by atoms with E-state index in [-0.39, 0.29) is 17.7 Å². The molecule has 10 heteroatoms. The molecule has 4 aromatic rings. The Morgan fingerprint density at radius 3 is 2.56 bits per heavy atom. The summed E-state index contributed by atoms with van der Waals surface area (Å²) >= 11 is 1.25. The summed E-state index contributed by atoms with van der Waals surface area (Å²) < 4.78 is 14.7. The number of carbonyl (C=O) groups is 2. The quantitative estimate of drug-likeness (QED) is 0.337. The molecule has 0 radical (unpaired) electrons. The first kappa shape index (κ1) is 27.9. The second kappa shape index (κ2) is 11.1. The van der Waals surface area contributed by atoms with E-state index >= 15 is 0 Å². The van der Waals surface area contributed by atoms with Crippen LogP contribution in [0, 0.1) is 13.8 Å². The van der Waals surface area contributed by atoms with Gasteiger partial charge in [-0.1, -0.05) is 29.5 Å². The molecule has 210 valence electrons. The first-order chi connectivity index (χ1) is 19.6. The summed E-state index contributed by atoms with van der Waals surface area (Å²) in [5, 5.41) is 9.44. The number of carbonyl (C=O) groups excluding carboxylic acids is 1. The molecule has 3 heterocycles. The molecule has 0 unspecified atom stereocenters. The van der Waals surface area contributed by atoms with Crippen LogP contribution >= 0.6 is 11.3 Å². The van der Waals surface area contributed by atoms with Gasteiger partial charge in [0.25, 0.3) is 5.56 Å². The van der Waals surface area contributed by atoms with Crippen molar-refractivity contribution in [1.82, 2.24) is 9.13 Å². The fourth-order valence-corrected chi connectivity index (χ4v) is 6.21. The standard InChI is InChI=1S/C31H29N3O6S/c1-6-40-30(38)26-18(3)32-31-34(27(26)20-9-8-12-24(15-20)39-5)28(35)25(41-31)16-22-13-17(2)33(19(22)4)23-11-7-10-21(14-23)29(36)37/h7-16,27H,6H2,1-5H3,(H,36,37)/b25-16-/t27-/m1/s1. The number of ether oxygens (including phenoxy) is 2. The molecular formula is C31H29N3O6S. The number of aromatic nitrogens is 2. The van der Waals surface area contributed by atoms with E-state index in [9.17, 15) is 19.5 Å². The average molecular weight is 572 g/mol. The van der Waals surface area contributed by atoms with E-state index in [0.717, 1.165) is 17.0 Å². The van der Waals surface area contributed by atoms with Gasteiger partial charge in [-0.25, -0.2) is 14.6 Å². The largest absolute Gasteiger partial charge is 0.497 e. The Morgan fingerprint density at radius 2 is 1.85 bits per heavy atom. The average Bonchev–Trinajstić information content (AvgIpc) is 3.41. The number of thiazole rings is 1. The van der Waals surface area contributed by atoms with Crippen molar-refractivity contribution >= 4 is 29.4 Å². The van der Waals surface area contributed by atoms with Crippen LogP contribution < -0.4 is 19.6 Å². The molecule has 0 amide bonds. The minimum absolute atomic E-state index is 0.190. The monoisotopic (exact) mass is 571 g/mol. The molecule has 0 saturated carbocycles. The predicted molar refractivity (Wildman–Crippen MR) is 156 cm³/mol. The number of benzene rings is 2. The van der Waals surface area contributed by atoms with E-state index in [1.807, 2.05) is 48.8 Å². The second-order valence-corrected chi connectivity index (χ2v) is 10.6. The number of fused-ring (bicyclic) bond motifs is 1. The van der Waals surface area contributed by atoms with E-state index in [1.54, 1.807) is 55.9 Å². The molecule has 1 aliphatic heterocycles. The highest BCUT2D eigenvalue weighted by atomic mass is 32.1. The molecule has 0 spiro atoms. The number of aryl methyl sites for hydroxylation is 1. The molecule has 2 aromatic carbocycles. The van der Waals surface area contributed by atoms with Gasteiger partial charge < -0.3 is 19.1 Å². The zero-order valence-electron chi connectivity index (χ0n) is 23.3. The van der Waals surface area contributed by atoms with Crippen molar-refractivity contribution in [3.05, 3.63) is 114 Å². The number of hydrogen-bond acceptors (Lipinski definition) is 7. The topological polar surface area (TPSA) is 112 Å². The van der Waals surface area contributed by atoms with Crippen molar-refractivity contribution in [3.8, 4) is 11.4 Å². The maximum Gasteiger partial charge on any atom is 0.338 e. The Balaban J connectivity index is 1.69. The first-order valence-corrected chi connectivity index (χ1v) is 13.8. The molecular weight excluding hydrogens is 542 g/mol. The van der Waals surface area contributed by atoms with Crippen LogP contribution in [-0.2, 0) is 9.53 Å². The van der Waals surface area contributed by atoms with E-state index < -0.39 is 18.0 Å². The van der Waals surface area contributed by atoms with E-state index in [1.165, 1.54) is 11.3 Å². The molecule has 0 fully saturated rings. The van der Waals surface area contributed by atoms with Gasteiger partial charge in [0.1, 0.15) is 5.75 Å². The third-order valence-corrected chi connectivity index (χ3v) is 8.02. The van der Waals surface area contributed by atoms with Gasteiger partial charge in [0.2, 0.25) is 0 Å².